The molecule has 3 rings (SSSR count). The van der Waals surface area contributed by atoms with E-state index >= 15 is 0 Å². The number of aromatic nitrogens is 1. The SMILES string of the molecule is Br.OCCCn1c(-c2ccc(I)cc2)csc1=Nc1ccccc1. The number of aliphatic hydroxyl groups is 1. The maximum absolute atomic E-state index is 9.20. The molecule has 0 aliphatic heterocycles. The molecule has 0 saturated heterocycles. The molecule has 0 fully saturated rings. The summed E-state index contributed by atoms with van der Waals surface area (Å²) in [6.45, 7) is 0.937. The van der Waals surface area contributed by atoms with Gasteiger partial charge in [-0.05, 0) is 58.8 Å². The van der Waals surface area contributed by atoms with Crippen LogP contribution in [0.5, 0.6) is 0 Å². The number of benzene rings is 2. The topological polar surface area (TPSA) is 37.5 Å². The second kappa shape index (κ2) is 9.50. The molecule has 0 aliphatic rings. The molecule has 1 N–H and O–H groups in total. The van der Waals surface area contributed by atoms with Crippen molar-refractivity contribution in [2.24, 2.45) is 4.99 Å². The largest absolute Gasteiger partial charge is 0.396 e. The van der Waals surface area contributed by atoms with Crippen LogP contribution in [-0.2, 0) is 6.54 Å². The Morgan fingerprint density at radius 1 is 1.04 bits per heavy atom. The second-order valence-corrected chi connectivity index (χ2v) is 7.17. The van der Waals surface area contributed by atoms with E-state index in [9.17, 15) is 5.11 Å². The van der Waals surface area contributed by atoms with E-state index < -0.39 is 0 Å². The number of nitrogens with zero attached hydrogens (tertiary/aromatic N) is 2. The van der Waals surface area contributed by atoms with Crippen LogP contribution in [0.4, 0.5) is 5.69 Å². The van der Waals surface area contributed by atoms with Crippen LogP contribution in [0.25, 0.3) is 11.3 Å². The predicted octanol–water partition coefficient (Wildman–Crippen LogP) is 5.01. The fourth-order valence-electron chi connectivity index (χ4n) is 2.33. The minimum absolute atomic E-state index is 0. The number of rotatable bonds is 5. The Hall–Kier alpha value is -0.960. The van der Waals surface area contributed by atoms with Crippen molar-refractivity contribution >= 4 is 56.6 Å². The van der Waals surface area contributed by atoms with Crippen LogP contribution in [0.1, 0.15) is 6.42 Å². The molecule has 126 valence electrons. The van der Waals surface area contributed by atoms with Gasteiger partial charge in [0.1, 0.15) is 0 Å². The van der Waals surface area contributed by atoms with E-state index in [1.165, 1.54) is 9.13 Å². The van der Waals surface area contributed by atoms with Crippen LogP contribution in [0.3, 0.4) is 0 Å². The lowest BCUT2D eigenvalue weighted by molar-refractivity contribution is 0.279. The van der Waals surface area contributed by atoms with Crippen molar-refractivity contribution < 1.29 is 5.11 Å². The Bertz CT molecular complexity index is 828. The van der Waals surface area contributed by atoms with E-state index in [2.05, 4.69) is 56.8 Å². The molecule has 3 nitrogen and oxygen atoms in total. The number of halogens is 2. The highest BCUT2D eigenvalue weighted by atomic mass is 127. The van der Waals surface area contributed by atoms with Gasteiger partial charge in [0.15, 0.2) is 4.80 Å². The molecule has 24 heavy (non-hydrogen) atoms. The van der Waals surface area contributed by atoms with E-state index in [4.69, 9.17) is 4.99 Å². The van der Waals surface area contributed by atoms with Gasteiger partial charge in [-0.1, -0.05) is 30.3 Å². The molecule has 1 aromatic heterocycles. The van der Waals surface area contributed by atoms with Crippen molar-refractivity contribution in [3.63, 3.8) is 0 Å². The molecule has 6 heteroatoms. The second-order valence-electron chi connectivity index (χ2n) is 5.09. The number of aliphatic hydroxyl groups excluding tert-OH is 1. The van der Waals surface area contributed by atoms with Gasteiger partial charge >= 0.3 is 0 Å². The molecule has 0 aliphatic carbocycles. The van der Waals surface area contributed by atoms with Crippen LogP contribution in [0.15, 0.2) is 65.0 Å². The van der Waals surface area contributed by atoms with Crippen molar-refractivity contribution in [2.45, 2.75) is 13.0 Å². The number of hydrogen-bond acceptors (Lipinski definition) is 3. The minimum Gasteiger partial charge on any atom is -0.396 e. The zero-order chi connectivity index (χ0) is 16.1. The van der Waals surface area contributed by atoms with Crippen LogP contribution < -0.4 is 4.80 Å². The molecule has 0 unspecified atom stereocenters. The van der Waals surface area contributed by atoms with Gasteiger partial charge in [-0.15, -0.1) is 28.3 Å². The Morgan fingerprint density at radius 3 is 2.42 bits per heavy atom. The Morgan fingerprint density at radius 2 is 1.75 bits per heavy atom. The van der Waals surface area contributed by atoms with Gasteiger partial charge < -0.3 is 9.67 Å². The predicted molar refractivity (Wildman–Crippen MR) is 114 cm³/mol. The molecule has 0 radical (unpaired) electrons. The molecule has 1 heterocycles. The monoisotopic (exact) mass is 516 g/mol. The maximum atomic E-state index is 9.20. The van der Waals surface area contributed by atoms with E-state index in [-0.39, 0.29) is 23.6 Å². The third kappa shape index (κ3) is 4.78. The lowest BCUT2D eigenvalue weighted by Gasteiger charge is -2.08. The number of para-hydroxylation sites is 1. The normalized spacial score (nSPS) is 11.3. The number of thiazole rings is 1. The maximum Gasteiger partial charge on any atom is 0.190 e. The minimum atomic E-state index is 0. The van der Waals surface area contributed by atoms with Crippen LogP contribution in [0, 0.1) is 3.57 Å². The molecule has 2 aromatic carbocycles. The lowest BCUT2D eigenvalue weighted by atomic mass is 10.2. The van der Waals surface area contributed by atoms with Crippen molar-refractivity contribution in [3.05, 3.63) is 68.3 Å². The van der Waals surface area contributed by atoms with Crippen molar-refractivity contribution in [1.82, 2.24) is 4.57 Å². The van der Waals surface area contributed by atoms with Gasteiger partial charge in [-0.25, -0.2) is 4.99 Å². The average molecular weight is 517 g/mol. The summed E-state index contributed by atoms with van der Waals surface area (Å²) in [5.74, 6) is 0. The zero-order valence-corrected chi connectivity index (χ0v) is 17.6. The van der Waals surface area contributed by atoms with Gasteiger partial charge in [0.2, 0.25) is 0 Å². The highest BCUT2D eigenvalue weighted by Crippen LogP contribution is 2.22. The van der Waals surface area contributed by atoms with E-state index in [0.717, 1.165) is 29.1 Å². The van der Waals surface area contributed by atoms with E-state index in [1.54, 1.807) is 11.3 Å². The third-order valence-corrected chi connectivity index (χ3v) is 5.04. The fraction of sp³-hybridized carbons (Fsp3) is 0.167. The lowest BCUT2D eigenvalue weighted by Crippen LogP contribution is -2.16. The van der Waals surface area contributed by atoms with Crippen molar-refractivity contribution in [1.29, 1.82) is 0 Å². The molecular formula is C18H18BrIN2OS. The number of hydrogen-bond donors (Lipinski definition) is 1. The Balaban J connectivity index is 0.00000208. The molecule has 0 amide bonds. The van der Waals surface area contributed by atoms with Gasteiger partial charge in [-0.2, -0.15) is 0 Å². The van der Waals surface area contributed by atoms with Crippen molar-refractivity contribution in [3.8, 4) is 11.3 Å². The first-order valence-corrected chi connectivity index (χ1v) is 9.38. The van der Waals surface area contributed by atoms with E-state index in [1.807, 2.05) is 30.3 Å². The summed E-state index contributed by atoms with van der Waals surface area (Å²) >= 11 is 3.94. The highest BCUT2D eigenvalue weighted by molar-refractivity contribution is 14.1. The third-order valence-electron chi connectivity index (χ3n) is 3.46. The molecular weight excluding hydrogens is 499 g/mol. The van der Waals surface area contributed by atoms with Crippen LogP contribution in [0.2, 0.25) is 0 Å². The van der Waals surface area contributed by atoms with Gasteiger partial charge in [0, 0.05) is 22.1 Å². The summed E-state index contributed by atoms with van der Waals surface area (Å²) in [5, 5.41) is 11.3. The average Bonchev–Trinajstić information content (AvgIpc) is 2.97. The summed E-state index contributed by atoms with van der Waals surface area (Å²) in [4.78, 5) is 5.71. The van der Waals surface area contributed by atoms with Gasteiger partial charge in [0.25, 0.3) is 0 Å². The smallest absolute Gasteiger partial charge is 0.190 e. The van der Waals surface area contributed by atoms with Gasteiger partial charge in [-0.3, -0.25) is 0 Å². The molecule has 0 saturated carbocycles. The standard InChI is InChI=1S/C18H17IN2OS.BrH/c19-15-9-7-14(8-10-15)17-13-23-18(21(17)11-4-12-22)20-16-5-2-1-3-6-16;/h1-3,5-10,13,22H,4,11-12H2;1H. The van der Waals surface area contributed by atoms with Gasteiger partial charge in [0.05, 0.1) is 11.4 Å². The fourth-order valence-corrected chi connectivity index (χ4v) is 3.64. The molecule has 3 aromatic rings. The summed E-state index contributed by atoms with van der Waals surface area (Å²) < 4.78 is 3.41. The Kier molecular flexibility index (Phi) is 7.67. The van der Waals surface area contributed by atoms with Crippen molar-refractivity contribution in [2.75, 3.05) is 6.61 Å². The first-order chi connectivity index (χ1) is 11.3. The summed E-state index contributed by atoms with van der Waals surface area (Å²) in [6.07, 6.45) is 0.718. The van der Waals surface area contributed by atoms with Crippen LogP contribution in [-0.4, -0.2) is 16.3 Å². The summed E-state index contributed by atoms with van der Waals surface area (Å²) in [6, 6.07) is 18.5. The molecule has 0 spiro atoms. The summed E-state index contributed by atoms with van der Waals surface area (Å²) in [5.41, 5.74) is 3.27. The molecule has 0 bridgehead atoms. The summed E-state index contributed by atoms with van der Waals surface area (Å²) in [7, 11) is 0. The Labute approximate surface area is 169 Å². The quantitative estimate of drug-likeness (QED) is 0.475. The molecule has 0 atom stereocenters. The first-order valence-electron chi connectivity index (χ1n) is 7.43. The first kappa shape index (κ1) is 19.4. The van der Waals surface area contributed by atoms with Crippen LogP contribution >= 0.6 is 50.9 Å². The highest BCUT2D eigenvalue weighted by Gasteiger charge is 2.08. The zero-order valence-electron chi connectivity index (χ0n) is 12.9. The van der Waals surface area contributed by atoms with E-state index in [0.29, 0.717) is 0 Å².